The lowest BCUT2D eigenvalue weighted by atomic mass is 10.1. The van der Waals surface area contributed by atoms with E-state index in [2.05, 4.69) is 30.4 Å². The van der Waals surface area contributed by atoms with Crippen LogP contribution in [0, 0.1) is 5.92 Å². The zero-order chi connectivity index (χ0) is 11.8. The highest BCUT2D eigenvalue weighted by atomic mass is 32.2. The smallest absolute Gasteiger partial charge is 0.0155 e. The minimum Gasteiger partial charge on any atom is -0.315 e. The zero-order valence-corrected chi connectivity index (χ0v) is 12.0. The van der Waals surface area contributed by atoms with Gasteiger partial charge in [0, 0.05) is 24.9 Å². The van der Waals surface area contributed by atoms with Crippen molar-refractivity contribution in [3.63, 3.8) is 0 Å². The van der Waals surface area contributed by atoms with Crippen molar-refractivity contribution in [1.82, 2.24) is 10.2 Å². The average Bonchev–Trinajstić information content (AvgIpc) is 2.77. The van der Waals surface area contributed by atoms with E-state index in [1.54, 1.807) is 0 Å². The van der Waals surface area contributed by atoms with Crippen LogP contribution in [0.2, 0.25) is 0 Å². The highest BCUT2D eigenvalue weighted by Gasteiger charge is 2.14. The molecule has 0 aromatic carbocycles. The molecule has 2 nitrogen and oxygen atoms in total. The zero-order valence-electron chi connectivity index (χ0n) is 11.2. The van der Waals surface area contributed by atoms with E-state index in [0.29, 0.717) is 6.04 Å². The summed E-state index contributed by atoms with van der Waals surface area (Å²) in [5.74, 6) is 2.20. The van der Waals surface area contributed by atoms with Gasteiger partial charge in [-0.25, -0.2) is 0 Å². The summed E-state index contributed by atoms with van der Waals surface area (Å²) in [6.07, 6.45) is 7.99. The van der Waals surface area contributed by atoms with Gasteiger partial charge in [0.15, 0.2) is 0 Å². The molecule has 0 bridgehead atoms. The molecule has 1 aliphatic rings. The summed E-state index contributed by atoms with van der Waals surface area (Å²) < 4.78 is 0. The topological polar surface area (TPSA) is 15.3 Å². The van der Waals surface area contributed by atoms with Crippen LogP contribution < -0.4 is 5.32 Å². The summed E-state index contributed by atoms with van der Waals surface area (Å²) in [6.45, 7) is 5.87. The molecule has 1 aliphatic carbocycles. The van der Waals surface area contributed by atoms with Crippen LogP contribution >= 0.6 is 11.8 Å². The first-order valence-corrected chi connectivity index (χ1v) is 8.03. The van der Waals surface area contributed by atoms with Gasteiger partial charge in [-0.05, 0) is 45.5 Å². The molecule has 1 rings (SSSR count). The average molecular weight is 244 g/mol. The SMILES string of the molecule is CSCC(C)N(C)CCNCC1CCCC1. The second-order valence-electron chi connectivity index (χ2n) is 5.14. The number of thioether (sulfide) groups is 1. The Morgan fingerprint density at radius 3 is 2.69 bits per heavy atom. The molecule has 1 atom stereocenters. The minimum atomic E-state index is 0.697. The van der Waals surface area contributed by atoms with Crippen LogP contribution in [-0.2, 0) is 0 Å². The Morgan fingerprint density at radius 2 is 2.06 bits per heavy atom. The molecule has 1 N–H and O–H groups in total. The van der Waals surface area contributed by atoms with Crippen LogP contribution in [0.1, 0.15) is 32.6 Å². The second-order valence-corrected chi connectivity index (χ2v) is 6.05. The van der Waals surface area contributed by atoms with Gasteiger partial charge in [0.05, 0.1) is 0 Å². The lowest BCUT2D eigenvalue weighted by molar-refractivity contribution is 0.275. The molecule has 0 saturated heterocycles. The van der Waals surface area contributed by atoms with Crippen LogP contribution in [0.25, 0.3) is 0 Å². The maximum Gasteiger partial charge on any atom is 0.0155 e. The molecule has 3 heteroatoms. The Balaban J connectivity index is 1.97. The summed E-state index contributed by atoms with van der Waals surface area (Å²) in [5.41, 5.74) is 0. The van der Waals surface area contributed by atoms with Gasteiger partial charge in [-0.1, -0.05) is 12.8 Å². The number of nitrogens with one attached hydrogen (secondary N) is 1. The highest BCUT2D eigenvalue weighted by Crippen LogP contribution is 2.23. The molecular formula is C13H28N2S. The third-order valence-corrected chi connectivity index (χ3v) is 4.53. The molecule has 1 fully saturated rings. The molecule has 1 unspecified atom stereocenters. The van der Waals surface area contributed by atoms with Gasteiger partial charge >= 0.3 is 0 Å². The quantitative estimate of drug-likeness (QED) is 0.660. The van der Waals surface area contributed by atoms with Crippen LogP contribution in [0.3, 0.4) is 0 Å². The Morgan fingerprint density at radius 1 is 1.38 bits per heavy atom. The first-order valence-electron chi connectivity index (χ1n) is 6.64. The van der Waals surface area contributed by atoms with Crippen LogP contribution in [0.5, 0.6) is 0 Å². The van der Waals surface area contributed by atoms with E-state index < -0.39 is 0 Å². The number of hydrogen-bond donors (Lipinski definition) is 1. The van der Waals surface area contributed by atoms with Crippen LogP contribution in [-0.4, -0.2) is 49.6 Å². The highest BCUT2D eigenvalue weighted by molar-refractivity contribution is 7.98. The Hall–Kier alpha value is 0.270. The Kier molecular flexibility index (Phi) is 7.50. The van der Waals surface area contributed by atoms with E-state index in [1.807, 2.05) is 11.8 Å². The van der Waals surface area contributed by atoms with E-state index in [0.717, 1.165) is 12.5 Å². The fourth-order valence-corrected chi connectivity index (χ4v) is 3.10. The molecule has 0 radical (unpaired) electrons. The van der Waals surface area contributed by atoms with Gasteiger partial charge in [0.1, 0.15) is 0 Å². The van der Waals surface area contributed by atoms with Crippen molar-refractivity contribution in [2.75, 3.05) is 38.7 Å². The number of likely N-dealkylation sites (N-methyl/N-ethyl adjacent to an activating group) is 1. The lowest BCUT2D eigenvalue weighted by Gasteiger charge is -2.24. The molecule has 0 spiro atoms. The van der Waals surface area contributed by atoms with Gasteiger partial charge in [-0.2, -0.15) is 11.8 Å². The summed E-state index contributed by atoms with van der Waals surface area (Å²) >= 11 is 1.94. The first kappa shape index (κ1) is 14.3. The Labute approximate surface area is 106 Å². The van der Waals surface area contributed by atoms with Crippen LogP contribution in [0.4, 0.5) is 0 Å². The maximum absolute atomic E-state index is 3.61. The molecule has 0 aromatic heterocycles. The number of rotatable bonds is 8. The molecule has 0 aliphatic heterocycles. The van der Waals surface area contributed by atoms with Crippen molar-refractivity contribution in [3.8, 4) is 0 Å². The standard InChI is InChI=1S/C13H28N2S/c1-12(11-16-3)15(2)9-8-14-10-13-6-4-5-7-13/h12-14H,4-11H2,1-3H3. The van der Waals surface area contributed by atoms with Gasteiger partial charge in [-0.15, -0.1) is 0 Å². The maximum atomic E-state index is 3.61. The molecule has 0 aromatic rings. The summed E-state index contributed by atoms with van der Waals surface area (Å²) in [6, 6.07) is 0.697. The van der Waals surface area contributed by atoms with E-state index in [-0.39, 0.29) is 0 Å². The molecular weight excluding hydrogens is 216 g/mol. The van der Waals surface area contributed by atoms with Gasteiger partial charge < -0.3 is 10.2 Å². The van der Waals surface area contributed by atoms with Crippen molar-refractivity contribution in [2.24, 2.45) is 5.92 Å². The van der Waals surface area contributed by atoms with Gasteiger partial charge in [0.25, 0.3) is 0 Å². The normalized spacial score (nSPS) is 19.5. The predicted octanol–water partition coefficient (Wildman–Crippen LogP) is 2.45. The third-order valence-electron chi connectivity index (χ3n) is 3.71. The number of nitrogens with zero attached hydrogens (tertiary/aromatic N) is 1. The second kappa shape index (κ2) is 8.37. The molecule has 16 heavy (non-hydrogen) atoms. The van der Waals surface area contributed by atoms with Crippen molar-refractivity contribution in [1.29, 1.82) is 0 Å². The summed E-state index contributed by atoms with van der Waals surface area (Å²) in [4.78, 5) is 2.46. The van der Waals surface area contributed by atoms with E-state index in [1.165, 1.54) is 44.5 Å². The van der Waals surface area contributed by atoms with Crippen molar-refractivity contribution >= 4 is 11.8 Å². The predicted molar refractivity (Wildman–Crippen MR) is 75.3 cm³/mol. The monoisotopic (exact) mass is 244 g/mol. The van der Waals surface area contributed by atoms with Gasteiger partial charge in [-0.3, -0.25) is 0 Å². The lowest BCUT2D eigenvalue weighted by Crippen LogP contribution is -2.37. The van der Waals surface area contributed by atoms with E-state index in [9.17, 15) is 0 Å². The summed E-state index contributed by atoms with van der Waals surface area (Å²) in [7, 11) is 2.23. The molecule has 0 heterocycles. The van der Waals surface area contributed by atoms with Crippen molar-refractivity contribution < 1.29 is 0 Å². The summed E-state index contributed by atoms with van der Waals surface area (Å²) in [5, 5.41) is 3.61. The minimum absolute atomic E-state index is 0.697. The van der Waals surface area contributed by atoms with E-state index in [4.69, 9.17) is 0 Å². The molecule has 1 saturated carbocycles. The molecule has 96 valence electrons. The van der Waals surface area contributed by atoms with Crippen molar-refractivity contribution in [2.45, 2.75) is 38.6 Å². The molecule has 0 amide bonds. The fraction of sp³-hybridized carbons (Fsp3) is 1.00. The number of hydrogen-bond acceptors (Lipinski definition) is 3. The largest absolute Gasteiger partial charge is 0.315 e. The Bertz CT molecular complexity index is 169. The van der Waals surface area contributed by atoms with E-state index >= 15 is 0 Å². The van der Waals surface area contributed by atoms with Gasteiger partial charge in [0.2, 0.25) is 0 Å². The fourth-order valence-electron chi connectivity index (χ4n) is 2.36. The third kappa shape index (κ3) is 5.55. The van der Waals surface area contributed by atoms with Crippen molar-refractivity contribution in [3.05, 3.63) is 0 Å². The first-order chi connectivity index (χ1) is 7.74. The van der Waals surface area contributed by atoms with Crippen LogP contribution in [0.15, 0.2) is 0 Å².